The second-order valence-electron chi connectivity index (χ2n) is 6.15. The number of carbonyl (C=O) groups is 1. The topological polar surface area (TPSA) is 49.6 Å². The van der Waals surface area contributed by atoms with Crippen molar-refractivity contribution in [3.63, 3.8) is 0 Å². The van der Waals surface area contributed by atoms with E-state index in [9.17, 15) is 4.79 Å². The molecule has 1 saturated heterocycles. The van der Waals surface area contributed by atoms with E-state index in [4.69, 9.17) is 5.73 Å². The molecular formula is C16H23N3O. The fourth-order valence-corrected chi connectivity index (χ4v) is 3.01. The van der Waals surface area contributed by atoms with E-state index in [2.05, 4.69) is 30.0 Å². The Morgan fingerprint density at radius 2 is 1.85 bits per heavy atom. The lowest BCUT2D eigenvalue weighted by Crippen LogP contribution is -2.48. The number of anilines is 1. The Bertz CT molecular complexity index is 529. The predicted octanol–water partition coefficient (Wildman–Crippen LogP) is 1.61. The van der Waals surface area contributed by atoms with E-state index in [0.717, 1.165) is 39.0 Å². The molecular weight excluding hydrogens is 250 g/mol. The number of amides is 1. The molecule has 1 amide bonds. The molecule has 1 aliphatic heterocycles. The Hall–Kier alpha value is -1.55. The van der Waals surface area contributed by atoms with Crippen LogP contribution in [0.15, 0.2) is 18.2 Å². The highest BCUT2D eigenvalue weighted by Crippen LogP contribution is 2.43. The number of benzene rings is 1. The van der Waals surface area contributed by atoms with Crippen LogP contribution in [0, 0.1) is 6.92 Å². The van der Waals surface area contributed by atoms with Crippen LogP contribution in [-0.4, -0.2) is 37.0 Å². The van der Waals surface area contributed by atoms with Crippen LogP contribution in [0.2, 0.25) is 0 Å². The number of piperazine rings is 1. The maximum atomic E-state index is 11.4. The summed E-state index contributed by atoms with van der Waals surface area (Å²) in [6.07, 6.45) is 2.20. The van der Waals surface area contributed by atoms with Crippen molar-refractivity contribution < 1.29 is 4.79 Å². The monoisotopic (exact) mass is 273 g/mol. The molecule has 3 rings (SSSR count). The molecule has 1 aromatic carbocycles. The average molecular weight is 273 g/mol. The molecule has 0 bridgehead atoms. The summed E-state index contributed by atoms with van der Waals surface area (Å²) in [5, 5.41) is 0. The summed E-state index contributed by atoms with van der Waals surface area (Å²) in [4.78, 5) is 15.7. The van der Waals surface area contributed by atoms with Gasteiger partial charge in [-0.25, -0.2) is 0 Å². The van der Waals surface area contributed by atoms with Crippen LogP contribution in [0.5, 0.6) is 0 Å². The summed E-state index contributed by atoms with van der Waals surface area (Å²) >= 11 is 0. The predicted molar refractivity (Wildman–Crippen MR) is 80.7 cm³/mol. The first-order valence-corrected chi connectivity index (χ1v) is 7.40. The van der Waals surface area contributed by atoms with Crippen molar-refractivity contribution in [3.8, 4) is 0 Å². The van der Waals surface area contributed by atoms with Crippen LogP contribution >= 0.6 is 0 Å². The zero-order chi connectivity index (χ0) is 14.3. The van der Waals surface area contributed by atoms with E-state index in [0.29, 0.717) is 0 Å². The van der Waals surface area contributed by atoms with Gasteiger partial charge in [0.1, 0.15) is 0 Å². The van der Waals surface area contributed by atoms with Gasteiger partial charge in [0.25, 0.3) is 0 Å². The molecule has 4 heteroatoms. The lowest BCUT2D eigenvalue weighted by molar-refractivity contribution is -0.129. The number of hydrogen-bond donors (Lipinski definition) is 1. The van der Waals surface area contributed by atoms with Gasteiger partial charge in [-0.3, -0.25) is 4.79 Å². The lowest BCUT2D eigenvalue weighted by Gasteiger charge is -2.36. The summed E-state index contributed by atoms with van der Waals surface area (Å²) in [7, 11) is 0. The number of aryl methyl sites for hydroxylation is 1. The standard InChI is InChI=1S/C16H23N3O/c1-12-11-14(16(17)5-6-16)3-4-15(12)19-9-7-18(8-10-19)13(2)20/h3-4,11H,5-10,17H2,1-2H3. The molecule has 20 heavy (non-hydrogen) atoms. The second-order valence-corrected chi connectivity index (χ2v) is 6.15. The first-order valence-electron chi connectivity index (χ1n) is 7.40. The zero-order valence-corrected chi connectivity index (χ0v) is 12.4. The fraction of sp³-hybridized carbons (Fsp3) is 0.562. The highest BCUT2D eigenvalue weighted by molar-refractivity contribution is 5.73. The maximum Gasteiger partial charge on any atom is 0.219 e. The minimum Gasteiger partial charge on any atom is -0.368 e. The van der Waals surface area contributed by atoms with Gasteiger partial charge in [0, 0.05) is 44.3 Å². The third-order valence-corrected chi connectivity index (χ3v) is 4.63. The lowest BCUT2D eigenvalue weighted by atomic mass is 10.0. The Morgan fingerprint density at radius 3 is 2.35 bits per heavy atom. The highest BCUT2D eigenvalue weighted by Gasteiger charge is 2.40. The maximum absolute atomic E-state index is 11.4. The smallest absolute Gasteiger partial charge is 0.219 e. The van der Waals surface area contributed by atoms with Gasteiger partial charge in [0.2, 0.25) is 5.91 Å². The Morgan fingerprint density at radius 1 is 1.20 bits per heavy atom. The van der Waals surface area contributed by atoms with E-state index in [1.165, 1.54) is 16.8 Å². The minimum absolute atomic E-state index is 0.0589. The molecule has 1 aromatic rings. The van der Waals surface area contributed by atoms with Crippen molar-refractivity contribution in [3.05, 3.63) is 29.3 Å². The third-order valence-electron chi connectivity index (χ3n) is 4.63. The van der Waals surface area contributed by atoms with Gasteiger partial charge in [-0.1, -0.05) is 12.1 Å². The molecule has 1 saturated carbocycles. The summed E-state index contributed by atoms with van der Waals surface area (Å²) in [5.41, 5.74) is 10.0. The molecule has 0 aromatic heterocycles. The number of hydrogen-bond acceptors (Lipinski definition) is 3. The second kappa shape index (κ2) is 4.77. The van der Waals surface area contributed by atoms with Crippen LogP contribution in [0.3, 0.4) is 0 Å². The highest BCUT2D eigenvalue weighted by atomic mass is 16.2. The SMILES string of the molecule is CC(=O)N1CCN(c2ccc(C3(N)CC3)cc2C)CC1. The molecule has 2 fully saturated rings. The molecule has 0 atom stereocenters. The third kappa shape index (κ3) is 2.40. The van der Waals surface area contributed by atoms with Crippen molar-refractivity contribution in [2.45, 2.75) is 32.2 Å². The summed E-state index contributed by atoms with van der Waals surface area (Å²) in [6.45, 7) is 7.25. The molecule has 0 radical (unpaired) electrons. The average Bonchev–Trinajstić information content (AvgIpc) is 3.18. The van der Waals surface area contributed by atoms with Crippen LogP contribution in [0.4, 0.5) is 5.69 Å². The Labute approximate surface area is 120 Å². The molecule has 0 unspecified atom stereocenters. The van der Waals surface area contributed by atoms with E-state index < -0.39 is 0 Å². The van der Waals surface area contributed by atoms with E-state index in [1.54, 1.807) is 6.92 Å². The van der Waals surface area contributed by atoms with Crippen molar-refractivity contribution >= 4 is 11.6 Å². The summed E-state index contributed by atoms with van der Waals surface area (Å²) in [6, 6.07) is 6.60. The molecule has 108 valence electrons. The molecule has 1 heterocycles. The Kier molecular flexibility index (Phi) is 3.21. The quantitative estimate of drug-likeness (QED) is 0.890. The van der Waals surface area contributed by atoms with E-state index >= 15 is 0 Å². The van der Waals surface area contributed by atoms with Gasteiger partial charge in [-0.15, -0.1) is 0 Å². The zero-order valence-electron chi connectivity index (χ0n) is 12.4. The van der Waals surface area contributed by atoms with Crippen LogP contribution < -0.4 is 10.6 Å². The van der Waals surface area contributed by atoms with Crippen LogP contribution in [0.25, 0.3) is 0 Å². The van der Waals surface area contributed by atoms with Crippen LogP contribution in [0.1, 0.15) is 30.9 Å². The molecule has 1 aliphatic carbocycles. The van der Waals surface area contributed by atoms with Crippen LogP contribution in [-0.2, 0) is 10.3 Å². The summed E-state index contributed by atoms with van der Waals surface area (Å²) in [5.74, 6) is 0.176. The molecule has 2 aliphatic rings. The Balaban J connectivity index is 1.73. The van der Waals surface area contributed by atoms with Crippen molar-refractivity contribution in [1.82, 2.24) is 4.90 Å². The van der Waals surface area contributed by atoms with Gasteiger partial charge >= 0.3 is 0 Å². The molecule has 0 spiro atoms. The van der Waals surface area contributed by atoms with Gasteiger partial charge < -0.3 is 15.5 Å². The van der Waals surface area contributed by atoms with E-state index in [1.807, 2.05) is 4.90 Å². The number of carbonyl (C=O) groups excluding carboxylic acids is 1. The number of nitrogens with two attached hydrogens (primary N) is 1. The first kappa shape index (κ1) is 13.4. The molecule has 2 N–H and O–H groups in total. The van der Waals surface area contributed by atoms with Crippen molar-refractivity contribution in [1.29, 1.82) is 0 Å². The van der Waals surface area contributed by atoms with Gasteiger partial charge in [-0.05, 0) is 37.0 Å². The van der Waals surface area contributed by atoms with Gasteiger partial charge in [0.05, 0.1) is 0 Å². The fourth-order valence-electron chi connectivity index (χ4n) is 3.01. The van der Waals surface area contributed by atoms with E-state index in [-0.39, 0.29) is 11.4 Å². The largest absolute Gasteiger partial charge is 0.368 e. The number of nitrogens with zero attached hydrogens (tertiary/aromatic N) is 2. The normalized spacial score (nSPS) is 20.9. The summed E-state index contributed by atoms with van der Waals surface area (Å²) < 4.78 is 0. The minimum atomic E-state index is -0.0589. The van der Waals surface area contributed by atoms with Crippen molar-refractivity contribution in [2.75, 3.05) is 31.1 Å². The number of rotatable bonds is 2. The first-order chi connectivity index (χ1) is 9.49. The molecule has 4 nitrogen and oxygen atoms in total. The van der Waals surface area contributed by atoms with Gasteiger partial charge in [-0.2, -0.15) is 0 Å². The van der Waals surface area contributed by atoms with Gasteiger partial charge in [0.15, 0.2) is 0 Å². The van der Waals surface area contributed by atoms with Crippen molar-refractivity contribution in [2.24, 2.45) is 5.73 Å².